The zero-order valence-corrected chi connectivity index (χ0v) is 8.66. The maximum Gasteiger partial charge on any atom is 0.217 e. The summed E-state index contributed by atoms with van der Waals surface area (Å²) >= 11 is 5.78. The van der Waals surface area contributed by atoms with E-state index in [0.29, 0.717) is 22.9 Å². The summed E-state index contributed by atoms with van der Waals surface area (Å²) in [7, 11) is 1.52. The number of aliphatic hydroxyl groups excluding tert-OH is 1. The van der Waals surface area contributed by atoms with Crippen LogP contribution in [0.2, 0.25) is 5.02 Å². The lowest BCUT2D eigenvalue weighted by Crippen LogP contribution is -2.13. The second kappa shape index (κ2) is 5.14. The van der Waals surface area contributed by atoms with E-state index in [0.717, 1.165) is 0 Å². The molecular weight excluding hydrogens is 204 g/mol. The van der Waals surface area contributed by atoms with Crippen LogP contribution < -0.4 is 10.5 Å². The Hall–Kier alpha value is -0.840. The molecule has 3 N–H and O–H groups in total. The fourth-order valence-electron chi connectivity index (χ4n) is 1.17. The van der Waals surface area contributed by atoms with Gasteiger partial charge in [-0.1, -0.05) is 11.6 Å². The number of aliphatic hydroxyl groups is 1. The number of rotatable bonds is 4. The smallest absolute Gasteiger partial charge is 0.217 e. The highest BCUT2D eigenvalue weighted by molar-refractivity contribution is 6.30. The van der Waals surface area contributed by atoms with Crippen molar-refractivity contribution in [2.45, 2.75) is 12.5 Å². The first-order valence-corrected chi connectivity index (χ1v) is 4.62. The number of nitrogens with two attached hydrogens (primary N) is 1. The highest BCUT2D eigenvalue weighted by Gasteiger charge is 2.13. The van der Waals surface area contributed by atoms with Gasteiger partial charge in [-0.15, -0.1) is 0 Å². The number of pyridine rings is 1. The fourth-order valence-corrected chi connectivity index (χ4v) is 1.34. The van der Waals surface area contributed by atoms with Gasteiger partial charge in [-0.25, -0.2) is 4.98 Å². The Bertz CT molecular complexity index is 307. The summed E-state index contributed by atoms with van der Waals surface area (Å²) in [5.41, 5.74) is 6.53. The van der Waals surface area contributed by atoms with Crippen LogP contribution in [0.4, 0.5) is 0 Å². The van der Waals surface area contributed by atoms with Crippen molar-refractivity contribution in [1.82, 2.24) is 4.98 Å². The summed E-state index contributed by atoms with van der Waals surface area (Å²) in [6.45, 7) is 0.0246. The van der Waals surface area contributed by atoms with Gasteiger partial charge in [0.1, 0.15) is 0 Å². The van der Waals surface area contributed by atoms with Crippen molar-refractivity contribution in [1.29, 1.82) is 0 Å². The molecule has 0 aliphatic carbocycles. The maximum absolute atomic E-state index is 8.76. The largest absolute Gasteiger partial charge is 0.481 e. The Balaban J connectivity index is 2.97. The van der Waals surface area contributed by atoms with Gasteiger partial charge < -0.3 is 15.6 Å². The van der Waals surface area contributed by atoms with Crippen LogP contribution in [0.1, 0.15) is 18.0 Å². The highest BCUT2D eigenvalue weighted by Crippen LogP contribution is 2.25. The van der Waals surface area contributed by atoms with Crippen molar-refractivity contribution in [3.05, 3.63) is 22.8 Å². The van der Waals surface area contributed by atoms with E-state index in [-0.39, 0.29) is 12.6 Å². The van der Waals surface area contributed by atoms with E-state index in [1.165, 1.54) is 13.3 Å². The first-order chi connectivity index (χ1) is 6.69. The summed E-state index contributed by atoms with van der Waals surface area (Å²) in [5, 5.41) is 9.27. The zero-order valence-electron chi connectivity index (χ0n) is 7.90. The Labute approximate surface area is 87.7 Å². The summed E-state index contributed by atoms with van der Waals surface area (Å²) in [6.07, 6.45) is 1.95. The minimum atomic E-state index is -0.304. The molecule has 1 aromatic heterocycles. The van der Waals surface area contributed by atoms with Crippen molar-refractivity contribution < 1.29 is 9.84 Å². The van der Waals surface area contributed by atoms with Gasteiger partial charge in [0, 0.05) is 24.4 Å². The molecule has 1 rings (SSSR count). The molecule has 0 spiro atoms. The zero-order chi connectivity index (χ0) is 10.6. The molecule has 0 fully saturated rings. The van der Waals surface area contributed by atoms with E-state index in [2.05, 4.69) is 4.98 Å². The van der Waals surface area contributed by atoms with Crippen LogP contribution in [0.3, 0.4) is 0 Å². The van der Waals surface area contributed by atoms with Gasteiger partial charge >= 0.3 is 0 Å². The van der Waals surface area contributed by atoms with Gasteiger partial charge in [0.15, 0.2) is 0 Å². The lowest BCUT2D eigenvalue weighted by molar-refractivity contribution is 0.274. The molecular formula is C9H13ClN2O2. The average molecular weight is 217 g/mol. The van der Waals surface area contributed by atoms with Crippen LogP contribution in [-0.4, -0.2) is 23.8 Å². The van der Waals surface area contributed by atoms with Crippen molar-refractivity contribution in [2.24, 2.45) is 5.73 Å². The second-order valence-electron chi connectivity index (χ2n) is 2.87. The highest BCUT2D eigenvalue weighted by atomic mass is 35.5. The van der Waals surface area contributed by atoms with Crippen molar-refractivity contribution in [3.63, 3.8) is 0 Å². The number of hydrogen-bond donors (Lipinski definition) is 2. The van der Waals surface area contributed by atoms with Crippen molar-refractivity contribution >= 4 is 11.6 Å². The van der Waals surface area contributed by atoms with Gasteiger partial charge in [-0.3, -0.25) is 0 Å². The van der Waals surface area contributed by atoms with E-state index < -0.39 is 0 Å². The number of aromatic nitrogens is 1. The van der Waals surface area contributed by atoms with Crippen molar-refractivity contribution in [3.8, 4) is 5.88 Å². The van der Waals surface area contributed by atoms with Crippen LogP contribution in [0.15, 0.2) is 12.3 Å². The van der Waals surface area contributed by atoms with Gasteiger partial charge in [0.05, 0.1) is 12.1 Å². The molecule has 0 radical (unpaired) electrons. The molecule has 0 aromatic carbocycles. The summed E-state index contributed by atoms with van der Waals surface area (Å²) < 4.78 is 5.04. The van der Waals surface area contributed by atoms with Crippen molar-refractivity contribution in [2.75, 3.05) is 13.7 Å². The van der Waals surface area contributed by atoms with Gasteiger partial charge in [-0.05, 0) is 12.5 Å². The third-order valence-electron chi connectivity index (χ3n) is 1.88. The molecule has 0 aliphatic heterocycles. The number of hydrogen-bond acceptors (Lipinski definition) is 4. The predicted molar refractivity (Wildman–Crippen MR) is 54.4 cm³/mol. The Morgan fingerprint density at radius 3 is 3.00 bits per heavy atom. The molecule has 1 aromatic rings. The van der Waals surface area contributed by atoms with Crippen LogP contribution in [0, 0.1) is 0 Å². The van der Waals surface area contributed by atoms with E-state index in [1.54, 1.807) is 6.07 Å². The molecule has 4 nitrogen and oxygen atoms in total. The third kappa shape index (κ3) is 2.57. The molecule has 0 saturated carbocycles. The number of halogens is 1. The molecule has 5 heteroatoms. The molecule has 0 bridgehead atoms. The van der Waals surface area contributed by atoms with Gasteiger partial charge in [0.25, 0.3) is 0 Å². The SMILES string of the molecule is COc1ncc(Cl)cc1C(N)CCO. The third-order valence-corrected chi connectivity index (χ3v) is 2.09. The van der Waals surface area contributed by atoms with Crippen LogP contribution in [0.25, 0.3) is 0 Å². The van der Waals surface area contributed by atoms with E-state index in [4.69, 9.17) is 27.2 Å². The molecule has 78 valence electrons. The molecule has 1 atom stereocenters. The second-order valence-corrected chi connectivity index (χ2v) is 3.31. The topological polar surface area (TPSA) is 68.4 Å². The number of nitrogens with zero attached hydrogens (tertiary/aromatic N) is 1. The van der Waals surface area contributed by atoms with E-state index in [1.807, 2.05) is 0 Å². The van der Waals surface area contributed by atoms with Gasteiger partial charge in [-0.2, -0.15) is 0 Å². The Kier molecular flexibility index (Phi) is 4.13. The molecule has 1 unspecified atom stereocenters. The molecule has 14 heavy (non-hydrogen) atoms. The lowest BCUT2D eigenvalue weighted by Gasteiger charge is -2.13. The van der Waals surface area contributed by atoms with Crippen LogP contribution >= 0.6 is 11.6 Å². The van der Waals surface area contributed by atoms with E-state index in [9.17, 15) is 0 Å². The standard InChI is InChI=1S/C9H13ClN2O2/c1-14-9-7(8(11)2-3-13)4-6(10)5-12-9/h4-5,8,13H,2-3,11H2,1H3. The molecule has 0 amide bonds. The molecule has 0 saturated heterocycles. The van der Waals surface area contributed by atoms with Gasteiger partial charge in [0.2, 0.25) is 5.88 Å². The first-order valence-electron chi connectivity index (χ1n) is 4.25. The minimum absolute atomic E-state index is 0.0246. The molecule has 1 heterocycles. The molecule has 0 aliphatic rings. The van der Waals surface area contributed by atoms with Crippen LogP contribution in [0.5, 0.6) is 5.88 Å². The maximum atomic E-state index is 8.76. The normalized spacial score (nSPS) is 12.6. The monoisotopic (exact) mass is 216 g/mol. The van der Waals surface area contributed by atoms with Crippen LogP contribution in [-0.2, 0) is 0 Å². The number of methoxy groups -OCH3 is 1. The number of ether oxygens (including phenoxy) is 1. The predicted octanol–water partition coefficient (Wildman–Crippen LogP) is 1.13. The first kappa shape index (κ1) is 11.2. The van der Waals surface area contributed by atoms with E-state index >= 15 is 0 Å². The quantitative estimate of drug-likeness (QED) is 0.792. The average Bonchev–Trinajstić information content (AvgIpc) is 2.18. The fraction of sp³-hybridized carbons (Fsp3) is 0.444. The summed E-state index contributed by atoms with van der Waals surface area (Å²) in [5.74, 6) is 0.454. The summed E-state index contributed by atoms with van der Waals surface area (Å²) in [6, 6.07) is 1.40. The summed E-state index contributed by atoms with van der Waals surface area (Å²) in [4.78, 5) is 3.98. The minimum Gasteiger partial charge on any atom is -0.481 e. The Morgan fingerprint density at radius 1 is 1.71 bits per heavy atom. The Morgan fingerprint density at radius 2 is 2.43 bits per heavy atom. The lowest BCUT2D eigenvalue weighted by atomic mass is 10.1.